The molecule has 1 aliphatic rings. The summed E-state index contributed by atoms with van der Waals surface area (Å²) >= 11 is 4.41. The van der Waals surface area contributed by atoms with Crippen LogP contribution in [0, 0.1) is 6.92 Å². The Morgan fingerprint density at radius 2 is 1.50 bits per heavy atom. The molecule has 36 heavy (non-hydrogen) atoms. The van der Waals surface area contributed by atoms with E-state index in [4.69, 9.17) is 9.84 Å². The maximum atomic E-state index is 8.72. The summed E-state index contributed by atoms with van der Waals surface area (Å²) in [6, 6.07) is 35.4. The molecule has 2 atom stereocenters. The number of aryl methyl sites for hydroxylation is 1. The molecule has 4 aromatic rings. The highest BCUT2D eigenvalue weighted by Crippen LogP contribution is 2.30. The molecule has 0 aromatic heterocycles. The lowest BCUT2D eigenvalue weighted by atomic mass is 9.87. The second-order valence-electron chi connectivity index (χ2n) is 9.15. The van der Waals surface area contributed by atoms with Gasteiger partial charge in [0.25, 0.3) is 0 Å². The molecule has 1 heterocycles. The molecule has 2 N–H and O–H groups in total. The van der Waals surface area contributed by atoms with Crippen LogP contribution in [0.25, 0.3) is 11.1 Å². The van der Waals surface area contributed by atoms with Gasteiger partial charge < -0.3 is 15.2 Å². The predicted octanol–water partition coefficient (Wildman–Crippen LogP) is 6.79. The molecule has 186 valence electrons. The van der Waals surface area contributed by atoms with Crippen molar-refractivity contribution < 1.29 is 9.84 Å². The second kappa shape index (κ2) is 13.4. The van der Waals surface area contributed by atoms with Gasteiger partial charge in [0.1, 0.15) is 0 Å². The summed E-state index contributed by atoms with van der Waals surface area (Å²) in [5, 5.41) is 12.2. The molecular formula is C32H35NO2S. The molecule has 5 rings (SSSR count). The van der Waals surface area contributed by atoms with Gasteiger partial charge in [-0.05, 0) is 65.4 Å². The summed E-state index contributed by atoms with van der Waals surface area (Å²) in [6.45, 7) is 4.69. The summed E-state index contributed by atoms with van der Waals surface area (Å²) in [4.78, 5) is 1.00. The van der Waals surface area contributed by atoms with Gasteiger partial charge in [0.15, 0.2) is 0 Å². The summed E-state index contributed by atoms with van der Waals surface area (Å²) in [7, 11) is 0. The highest BCUT2D eigenvalue weighted by molar-refractivity contribution is 7.80. The van der Waals surface area contributed by atoms with E-state index in [1.807, 2.05) is 31.2 Å². The zero-order valence-corrected chi connectivity index (χ0v) is 21.7. The van der Waals surface area contributed by atoms with Crippen molar-refractivity contribution in [3.63, 3.8) is 0 Å². The number of hydrogen-bond donors (Lipinski definition) is 3. The number of piperidine rings is 1. The van der Waals surface area contributed by atoms with E-state index < -0.39 is 0 Å². The summed E-state index contributed by atoms with van der Waals surface area (Å²) in [5.74, 6) is 0.420. The molecule has 4 heteroatoms. The monoisotopic (exact) mass is 497 g/mol. The van der Waals surface area contributed by atoms with Gasteiger partial charge >= 0.3 is 0 Å². The highest BCUT2D eigenvalue weighted by Gasteiger charge is 2.27. The Morgan fingerprint density at radius 3 is 2.19 bits per heavy atom. The SMILES string of the molecule is Cc1ccccc1CO.Sc1ccc(C2CCNCC2OCc2ccccc2-c2ccccc2)cc1. The van der Waals surface area contributed by atoms with Gasteiger partial charge in [-0.2, -0.15) is 0 Å². The van der Waals surface area contributed by atoms with E-state index in [1.54, 1.807) is 0 Å². The van der Waals surface area contributed by atoms with Crippen molar-refractivity contribution >= 4 is 12.6 Å². The van der Waals surface area contributed by atoms with Crippen molar-refractivity contribution in [2.75, 3.05) is 13.1 Å². The fourth-order valence-corrected chi connectivity index (χ4v) is 4.79. The normalized spacial score (nSPS) is 17.2. The summed E-state index contributed by atoms with van der Waals surface area (Å²) in [5.41, 5.74) is 7.23. The smallest absolute Gasteiger partial charge is 0.0772 e. The average molecular weight is 498 g/mol. The first-order valence-corrected chi connectivity index (χ1v) is 13.0. The highest BCUT2D eigenvalue weighted by atomic mass is 32.1. The number of ether oxygens (including phenoxy) is 1. The zero-order chi connectivity index (χ0) is 25.2. The van der Waals surface area contributed by atoms with E-state index in [9.17, 15) is 0 Å². The lowest BCUT2D eigenvalue weighted by Crippen LogP contribution is -2.41. The predicted molar refractivity (Wildman–Crippen MR) is 151 cm³/mol. The Kier molecular flexibility index (Phi) is 9.76. The third kappa shape index (κ3) is 7.08. The van der Waals surface area contributed by atoms with Gasteiger partial charge in [-0.15, -0.1) is 12.6 Å². The topological polar surface area (TPSA) is 41.5 Å². The summed E-state index contributed by atoms with van der Waals surface area (Å²) in [6.07, 6.45) is 1.27. The number of nitrogens with one attached hydrogen (secondary N) is 1. The van der Waals surface area contributed by atoms with Crippen LogP contribution in [0.1, 0.15) is 34.6 Å². The van der Waals surface area contributed by atoms with E-state index >= 15 is 0 Å². The minimum atomic E-state index is 0.146. The van der Waals surface area contributed by atoms with Crippen LogP contribution < -0.4 is 5.32 Å². The number of aliphatic hydroxyl groups excluding tert-OH is 1. The number of hydrogen-bond acceptors (Lipinski definition) is 4. The first kappa shape index (κ1) is 26.2. The lowest BCUT2D eigenvalue weighted by Gasteiger charge is -2.32. The van der Waals surface area contributed by atoms with Gasteiger partial charge in [-0.3, -0.25) is 0 Å². The number of rotatable bonds is 6. The van der Waals surface area contributed by atoms with Crippen LogP contribution in [0.3, 0.4) is 0 Å². The van der Waals surface area contributed by atoms with Crippen molar-refractivity contribution in [2.24, 2.45) is 0 Å². The van der Waals surface area contributed by atoms with Crippen LogP contribution in [0.2, 0.25) is 0 Å². The Morgan fingerprint density at radius 1 is 0.833 bits per heavy atom. The van der Waals surface area contributed by atoms with Crippen LogP contribution in [0.5, 0.6) is 0 Å². The van der Waals surface area contributed by atoms with Crippen LogP contribution in [0.4, 0.5) is 0 Å². The van der Waals surface area contributed by atoms with Crippen molar-refractivity contribution in [1.29, 1.82) is 0 Å². The maximum absolute atomic E-state index is 8.72. The largest absolute Gasteiger partial charge is 0.392 e. The van der Waals surface area contributed by atoms with Crippen LogP contribution in [-0.4, -0.2) is 24.3 Å². The Hall–Kier alpha value is -2.89. The zero-order valence-electron chi connectivity index (χ0n) is 20.8. The molecule has 3 nitrogen and oxygen atoms in total. The van der Waals surface area contributed by atoms with Crippen molar-refractivity contribution in [3.05, 3.63) is 125 Å². The average Bonchev–Trinajstić information content (AvgIpc) is 2.94. The molecular weight excluding hydrogens is 462 g/mol. The molecule has 0 saturated carbocycles. The molecule has 0 spiro atoms. The Labute approximate surface area is 220 Å². The lowest BCUT2D eigenvalue weighted by molar-refractivity contribution is 0.0108. The minimum absolute atomic E-state index is 0.146. The first-order chi connectivity index (χ1) is 17.7. The molecule has 1 saturated heterocycles. The number of thiol groups is 1. The molecule has 4 aromatic carbocycles. The maximum Gasteiger partial charge on any atom is 0.0772 e. The van der Waals surface area contributed by atoms with Gasteiger partial charge in [0.2, 0.25) is 0 Å². The summed E-state index contributed by atoms with van der Waals surface area (Å²) < 4.78 is 6.45. The van der Waals surface area contributed by atoms with Gasteiger partial charge in [0.05, 0.1) is 19.3 Å². The third-order valence-electron chi connectivity index (χ3n) is 6.73. The Balaban J connectivity index is 0.000000286. The molecule has 1 aliphatic heterocycles. The van der Waals surface area contributed by atoms with Crippen LogP contribution >= 0.6 is 12.6 Å². The quantitative estimate of drug-likeness (QED) is 0.257. The van der Waals surface area contributed by atoms with E-state index in [2.05, 4.69) is 96.8 Å². The third-order valence-corrected chi connectivity index (χ3v) is 7.03. The Bertz CT molecular complexity index is 1210. The molecule has 0 bridgehead atoms. The molecule has 0 radical (unpaired) electrons. The molecule has 0 amide bonds. The van der Waals surface area contributed by atoms with Crippen molar-refractivity contribution in [3.8, 4) is 11.1 Å². The van der Waals surface area contributed by atoms with Crippen molar-refractivity contribution in [1.82, 2.24) is 5.32 Å². The second-order valence-corrected chi connectivity index (χ2v) is 9.66. The first-order valence-electron chi connectivity index (χ1n) is 12.6. The minimum Gasteiger partial charge on any atom is -0.392 e. The fourth-order valence-electron chi connectivity index (χ4n) is 4.64. The van der Waals surface area contributed by atoms with Crippen molar-refractivity contribution in [2.45, 2.75) is 43.5 Å². The fraction of sp³-hybridized carbons (Fsp3) is 0.250. The molecule has 0 aliphatic carbocycles. The van der Waals surface area contributed by atoms with E-state index in [1.165, 1.54) is 22.3 Å². The number of benzene rings is 4. The molecule has 2 unspecified atom stereocenters. The van der Waals surface area contributed by atoms with Crippen LogP contribution in [-0.2, 0) is 18.0 Å². The van der Waals surface area contributed by atoms with E-state index in [0.29, 0.717) is 12.5 Å². The van der Waals surface area contributed by atoms with Gasteiger partial charge in [-0.1, -0.05) is 91.0 Å². The number of aliphatic hydroxyl groups is 1. The van der Waals surface area contributed by atoms with Gasteiger partial charge in [-0.25, -0.2) is 0 Å². The standard InChI is InChI=1S/C24H25NOS.C8H10O/c27-21-12-10-19(11-13-21)23-14-15-25-16-24(23)26-17-20-8-4-5-9-22(20)18-6-2-1-3-7-18;1-7-4-2-3-5-8(7)6-9/h1-13,23-25,27H,14-17H2;2-5,9H,6H2,1H3. The van der Waals surface area contributed by atoms with Gasteiger partial charge in [0, 0.05) is 17.4 Å². The van der Waals surface area contributed by atoms with Crippen LogP contribution in [0.15, 0.2) is 108 Å². The van der Waals surface area contributed by atoms with E-state index in [0.717, 1.165) is 35.5 Å². The van der Waals surface area contributed by atoms with E-state index in [-0.39, 0.29) is 12.7 Å². The molecule has 1 fully saturated rings.